The summed E-state index contributed by atoms with van der Waals surface area (Å²) in [6.45, 7) is 0.590. The SMILES string of the molecule is NNC(=O)NCCc1ccccc1. The Bertz CT molecular complexity index is 261. The zero-order valence-corrected chi connectivity index (χ0v) is 7.29. The number of urea groups is 1. The molecule has 0 atom stereocenters. The summed E-state index contributed by atoms with van der Waals surface area (Å²) in [6, 6.07) is 9.58. The Hall–Kier alpha value is -1.55. The van der Waals surface area contributed by atoms with Crippen LogP contribution >= 0.6 is 0 Å². The summed E-state index contributed by atoms with van der Waals surface area (Å²) in [6.07, 6.45) is 0.814. The second kappa shape index (κ2) is 5.16. The van der Waals surface area contributed by atoms with Crippen molar-refractivity contribution >= 4 is 6.03 Å². The number of hydrogen-bond donors (Lipinski definition) is 3. The highest BCUT2D eigenvalue weighted by molar-refractivity contribution is 5.72. The largest absolute Gasteiger partial charge is 0.337 e. The zero-order valence-electron chi connectivity index (χ0n) is 7.29. The van der Waals surface area contributed by atoms with E-state index in [1.807, 2.05) is 35.8 Å². The Labute approximate surface area is 77.1 Å². The van der Waals surface area contributed by atoms with Crippen molar-refractivity contribution in [1.82, 2.24) is 10.7 Å². The predicted molar refractivity (Wildman–Crippen MR) is 50.9 cm³/mol. The Morgan fingerprint density at radius 2 is 2.00 bits per heavy atom. The van der Waals surface area contributed by atoms with Crippen LogP contribution in [0.3, 0.4) is 0 Å². The van der Waals surface area contributed by atoms with Crippen LogP contribution in [-0.2, 0) is 6.42 Å². The Kier molecular flexibility index (Phi) is 3.78. The van der Waals surface area contributed by atoms with Crippen LogP contribution in [0.4, 0.5) is 4.79 Å². The topological polar surface area (TPSA) is 67.1 Å². The number of benzene rings is 1. The molecule has 0 unspecified atom stereocenters. The van der Waals surface area contributed by atoms with Crippen LogP contribution in [0.2, 0.25) is 0 Å². The first-order chi connectivity index (χ1) is 6.33. The summed E-state index contributed by atoms with van der Waals surface area (Å²) in [5.74, 6) is 4.89. The highest BCUT2D eigenvalue weighted by Crippen LogP contribution is 1.97. The van der Waals surface area contributed by atoms with Gasteiger partial charge in [0.05, 0.1) is 0 Å². The fraction of sp³-hybridized carbons (Fsp3) is 0.222. The lowest BCUT2D eigenvalue weighted by molar-refractivity contribution is 0.241. The van der Waals surface area contributed by atoms with E-state index in [1.54, 1.807) is 0 Å². The van der Waals surface area contributed by atoms with Gasteiger partial charge in [-0.2, -0.15) is 0 Å². The van der Waals surface area contributed by atoms with Gasteiger partial charge < -0.3 is 5.32 Å². The monoisotopic (exact) mass is 179 g/mol. The molecule has 0 spiro atoms. The molecule has 1 rings (SSSR count). The van der Waals surface area contributed by atoms with Gasteiger partial charge in [-0.3, -0.25) is 5.43 Å². The predicted octanol–water partition coefficient (Wildman–Crippen LogP) is 0.402. The molecule has 70 valence electrons. The van der Waals surface area contributed by atoms with Gasteiger partial charge in [0.25, 0.3) is 0 Å². The molecule has 0 aliphatic carbocycles. The smallest absolute Gasteiger partial charge is 0.328 e. The molecule has 0 radical (unpaired) electrons. The number of nitrogens with two attached hydrogens (primary N) is 1. The van der Waals surface area contributed by atoms with Crippen molar-refractivity contribution in [1.29, 1.82) is 0 Å². The highest BCUT2D eigenvalue weighted by atomic mass is 16.2. The van der Waals surface area contributed by atoms with Crippen LogP contribution < -0.4 is 16.6 Å². The standard InChI is InChI=1S/C9H13N3O/c10-12-9(13)11-7-6-8-4-2-1-3-5-8/h1-5H,6-7,10H2,(H2,11,12,13). The molecule has 0 aromatic heterocycles. The zero-order chi connectivity index (χ0) is 9.52. The molecular formula is C9H13N3O. The first kappa shape index (κ1) is 9.54. The van der Waals surface area contributed by atoms with E-state index in [2.05, 4.69) is 5.32 Å². The summed E-state index contributed by atoms with van der Waals surface area (Å²) < 4.78 is 0. The third-order valence-electron chi connectivity index (χ3n) is 1.67. The van der Waals surface area contributed by atoms with Crippen molar-refractivity contribution in [3.8, 4) is 0 Å². The molecule has 4 N–H and O–H groups in total. The summed E-state index contributed by atoms with van der Waals surface area (Å²) in [7, 11) is 0. The van der Waals surface area contributed by atoms with E-state index in [4.69, 9.17) is 5.84 Å². The maximum absolute atomic E-state index is 10.7. The number of rotatable bonds is 3. The maximum atomic E-state index is 10.7. The molecule has 0 aliphatic rings. The molecule has 0 aliphatic heterocycles. The number of amides is 2. The third kappa shape index (κ3) is 3.57. The number of carbonyl (C=O) groups is 1. The summed E-state index contributed by atoms with van der Waals surface area (Å²) in [4.78, 5) is 10.7. The van der Waals surface area contributed by atoms with Crippen LogP contribution in [-0.4, -0.2) is 12.6 Å². The van der Waals surface area contributed by atoms with Crippen LogP contribution in [0, 0.1) is 0 Å². The van der Waals surface area contributed by atoms with E-state index in [0.717, 1.165) is 6.42 Å². The number of nitrogens with one attached hydrogen (secondary N) is 2. The molecular weight excluding hydrogens is 166 g/mol. The van der Waals surface area contributed by atoms with Gasteiger partial charge in [0.15, 0.2) is 0 Å². The fourth-order valence-electron chi connectivity index (χ4n) is 1.02. The Balaban J connectivity index is 2.24. The average Bonchev–Trinajstić information content (AvgIpc) is 2.19. The minimum absolute atomic E-state index is 0.351. The molecule has 13 heavy (non-hydrogen) atoms. The van der Waals surface area contributed by atoms with Gasteiger partial charge in [-0.25, -0.2) is 10.6 Å². The summed E-state index contributed by atoms with van der Waals surface area (Å²) in [5.41, 5.74) is 3.20. The lowest BCUT2D eigenvalue weighted by Gasteiger charge is -2.03. The molecule has 0 fully saturated rings. The van der Waals surface area contributed by atoms with Gasteiger partial charge in [-0.1, -0.05) is 30.3 Å². The Morgan fingerprint density at radius 3 is 2.62 bits per heavy atom. The second-order valence-electron chi connectivity index (χ2n) is 2.64. The van der Waals surface area contributed by atoms with Crippen molar-refractivity contribution in [2.45, 2.75) is 6.42 Å². The van der Waals surface area contributed by atoms with Crippen molar-refractivity contribution in [3.05, 3.63) is 35.9 Å². The molecule has 4 nitrogen and oxygen atoms in total. The van der Waals surface area contributed by atoms with E-state index >= 15 is 0 Å². The molecule has 0 saturated carbocycles. The van der Waals surface area contributed by atoms with Crippen LogP contribution in [0.5, 0.6) is 0 Å². The van der Waals surface area contributed by atoms with Gasteiger partial charge in [-0.05, 0) is 12.0 Å². The highest BCUT2D eigenvalue weighted by Gasteiger charge is 1.95. The quantitative estimate of drug-likeness (QED) is 0.357. The third-order valence-corrected chi connectivity index (χ3v) is 1.67. The number of hydrazine groups is 1. The van der Waals surface area contributed by atoms with E-state index < -0.39 is 0 Å². The van der Waals surface area contributed by atoms with Gasteiger partial charge in [-0.15, -0.1) is 0 Å². The van der Waals surface area contributed by atoms with Crippen molar-refractivity contribution in [3.63, 3.8) is 0 Å². The van der Waals surface area contributed by atoms with Gasteiger partial charge in [0.2, 0.25) is 0 Å². The van der Waals surface area contributed by atoms with E-state index in [0.29, 0.717) is 6.54 Å². The number of hydrogen-bond acceptors (Lipinski definition) is 2. The fourth-order valence-corrected chi connectivity index (χ4v) is 1.02. The van der Waals surface area contributed by atoms with Crippen LogP contribution in [0.25, 0.3) is 0 Å². The van der Waals surface area contributed by atoms with Crippen LogP contribution in [0.15, 0.2) is 30.3 Å². The van der Waals surface area contributed by atoms with Gasteiger partial charge in [0, 0.05) is 6.54 Å². The molecule has 0 bridgehead atoms. The normalized spacial score (nSPS) is 9.31. The molecule has 1 aromatic carbocycles. The lowest BCUT2D eigenvalue weighted by Crippen LogP contribution is -2.40. The first-order valence-corrected chi connectivity index (χ1v) is 4.11. The minimum atomic E-state index is -0.351. The number of carbonyl (C=O) groups excluding carboxylic acids is 1. The van der Waals surface area contributed by atoms with Crippen molar-refractivity contribution < 1.29 is 4.79 Å². The van der Waals surface area contributed by atoms with Crippen molar-refractivity contribution in [2.75, 3.05) is 6.54 Å². The van der Waals surface area contributed by atoms with E-state index in [-0.39, 0.29) is 6.03 Å². The first-order valence-electron chi connectivity index (χ1n) is 4.11. The molecule has 0 heterocycles. The summed E-state index contributed by atoms with van der Waals surface area (Å²) >= 11 is 0. The molecule has 4 heteroatoms. The molecule has 0 saturated heterocycles. The second-order valence-corrected chi connectivity index (χ2v) is 2.64. The van der Waals surface area contributed by atoms with E-state index in [1.165, 1.54) is 5.56 Å². The molecule has 2 amide bonds. The van der Waals surface area contributed by atoms with Gasteiger partial charge in [0.1, 0.15) is 0 Å². The minimum Gasteiger partial charge on any atom is -0.337 e. The van der Waals surface area contributed by atoms with Crippen LogP contribution in [0.1, 0.15) is 5.56 Å². The maximum Gasteiger partial charge on any atom is 0.328 e. The summed E-state index contributed by atoms with van der Waals surface area (Å²) in [5, 5.41) is 2.61. The Morgan fingerprint density at radius 1 is 1.31 bits per heavy atom. The average molecular weight is 179 g/mol. The van der Waals surface area contributed by atoms with E-state index in [9.17, 15) is 4.79 Å². The lowest BCUT2D eigenvalue weighted by atomic mass is 10.1. The van der Waals surface area contributed by atoms with Gasteiger partial charge >= 0.3 is 6.03 Å². The molecule has 1 aromatic rings. The van der Waals surface area contributed by atoms with Crippen molar-refractivity contribution in [2.24, 2.45) is 5.84 Å².